The van der Waals surface area contributed by atoms with E-state index in [1.54, 1.807) is 43.3 Å². The molecule has 0 unspecified atom stereocenters. The Morgan fingerprint density at radius 3 is 2.64 bits per heavy atom. The van der Waals surface area contributed by atoms with Gasteiger partial charge >= 0.3 is 0 Å². The maximum Gasteiger partial charge on any atom is 0.257 e. The molecule has 0 radical (unpaired) electrons. The number of rotatable bonds is 5. The Morgan fingerprint density at radius 2 is 1.94 bits per heavy atom. The van der Waals surface area contributed by atoms with Crippen molar-refractivity contribution in [1.82, 2.24) is 9.80 Å². The van der Waals surface area contributed by atoms with Crippen molar-refractivity contribution in [3.8, 4) is 5.75 Å². The molecule has 2 amide bonds. The van der Waals surface area contributed by atoms with E-state index >= 15 is 0 Å². The molecule has 1 aliphatic heterocycles. The standard InChI is InChI=1S/C28H36FN3O4/c1-18-14-32(15-20-8-9-20)19(2)17-36-25-13-23(30-27(33)21-6-5-7-22(29)12-21)10-11-24(25)28(34)31(3)16-26(18)35-4/h5-7,10-13,18-20,26H,8-9,14-17H2,1-4H3,(H,30,33)/t18-,19-,26+/m0/s1. The summed E-state index contributed by atoms with van der Waals surface area (Å²) in [6.45, 7) is 7.07. The summed E-state index contributed by atoms with van der Waals surface area (Å²) in [7, 11) is 3.46. The summed E-state index contributed by atoms with van der Waals surface area (Å²) in [6.07, 6.45) is 2.43. The van der Waals surface area contributed by atoms with Crippen LogP contribution in [0.3, 0.4) is 0 Å². The summed E-state index contributed by atoms with van der Waals surface area (Å²) in [6, 6.07) is 10.6. The average Bonchev–Trinajstić information content (AvgIpc) is 3.68. The van der Waals surface area contributed by atoms with Crippen molar-refractivity contribution in [3.63, 3.8) is 0 Å². The number of benzene rings is 2. The molecule has 0 spiro atoms. The number of carbonyl (C=O) groups excluding carboxylic acids is 2. The topological polar surface area (TPSA) is 71.1 Å². The zero-order chi connectivity index (χ0) is 25.8. The highest BCUT2D eigenvalue weighted by molar-refractivity contribution is 6.05. The summed E-state index contributed by atoms with van der Waals surface area (Å²) in [5.41, 5.74) is 1.10. The van der Waals surface area contributed by atoms with Crippen LogP contribution in [0.5, 0.6) is 5.75 Å². The molecule has 8 heteroatoms. The lowest BCUT2D eigenvalue weighted by Crippen LogP contribution is -2.47. The Hall–Kier alpha value is -2.97. The van der Waals surface area contributed by atoms with Gasteiger partial charge in [0, 0.05) is 57.2 Å². The van der Waals surface area contributed by atoms with Crippen LogP contribution in [0.2, 0.25) is 0 Å². The van der Waals surface area contributed by atoms with Gasteiger partial charge in [0.2, 0.25) is 0 Å². The molecule has 3 atom stereocenters. The zero-order valence-corrected chi connectivity index (χ0v) is 21.5. The molecule has 36 heavy (non-hydrogen) atoms. The fourth-order valence-corrected chi connectivity index (χ4v) is 4.64. The number of hydrogen-bond acceptors (Lipinski definition) is 5. The zero-order valence-electron chi connectivity index (χ0n) is 21.5. The van der Waals surface area contributed by atoms with Gasteiger partial charge in [0.25, 0.3) is 11.8 Å². The average molecular weight is 498 g/mol. The minimum absolute atomic E-state index is 0.0959. The van der Waals surface area contributed by atoms with E-state index in [2.05, 4.69) is 24.1 Å². The number of nitrogens with one attached hydrogen (secondary N) is 1. The Morgan fingerprint density at radius 1 is 1.17 bits per heavy atom. The normalized spacial score (nSPS) is 23.8. The second-order valence-corrected chi connectivity index (χ2v) is 10.2. The Balaban J connectivity index is 1.60. The molecular formula is C28H36FN3O4. The molecule has 0 saturated heterocycles. The summed E-state index contributed by atoms with van der Waals surface area (Å²) in [4.78, 5) is 30.1. The quantitative estimate of drug-likeness (QED) is 0.667. The van der Waals surface area contributed by atoms with Gasteiger partial charge in [-0.2, -0.15) is 0 Å². The number of hydrogen-bond donors (Lipinski definition) is 1. The van der Waals surface area contributed by atoms with Crippen molar-refractivity contribution >= 4 is 17.5 Å². The molecule has 0 aromatic heterocycles. The van der Waals surface area contributed by atoms with E-state index in [1.165, 1.54) is 31.0 Å². The van der Waals surface area contributed by atoms with Gasteiger partial charge in [-0.1, -0.05) is 13.0 Å². The Kier molecular flexibility index (Phi) is 8.26. The number of amides is 2. The third-order valence-corrected chi connectivity index (χ3v) is 7.11. The lowest BCUT2D eigenvalue weighted by atomic mass is 10.0. The number of methoxy groups -OCH3 is 1. The smallest absolute Gasteiger partial charge is 0.257 e. The first-order valence-electron chi connectivity index (χ1n) is 12.6. The van der Waals surface area contributed by atoms with Crippen molar-refractivity contribution in [2.75, 3.05) is 45.7 Å². The van der Waals surface area contributed by atoms with Crippen molar-refractivity contribution in [3.05, 3.63) is 59.4 Å². The monoisotopic (exact) mass is 497 g/mol. The van der Waals surface area contributed by atoms with Gasteiger partial charge in [-0.05, 0) is 61.9 Å². The van der Waals surface area contributed by atoms with Gasteiger partial charge in [-0.25, -0.2) is 4.39 Å². The van der Waals surface area contributed by atoms with Crippen LogP contribution in [0, 0.1) is 17.7 Å². The molecule has 2 aliphatic rings. The van der Waals surface area contributed by atoms with E-state index in [-0.39, 0.29) is 29.5 Å². The molecule has 1 heterocycles. The maximum absolute atomic E-state index is 13.6. The van der Waals surface area contributed by atoms with Gasteiger partial charge in [0.1, 0.15) is 18.2 Å². The van der Waals surface area contributed by atoms with Crippen LogP contribution < -0.4 is 10.1 Å². The van der Waals surface area contributed by atoms with Crippen LogP contribution in [0.15, 0.2) is 42.5 Å². The van der Waals surface area contributed by atoms with Crippen LogP contribution in [0.1, 0.15) is 47.4 Å². The van der Waals surface area contributed by atoms with E-state index in [1.807, 2.05) is 0 Å². The molecule has 2 aromatic rings. The van der Waals surface area contributed by atoms with Crippen LogP contribution in [0.25, 0.3) is 0 Å². The minimum atomic E-state index is -0.481. The molecule has 7 nitrogen and oxygen atoms in total. The predicted molar refractivity (Wildman–Crippen MR) is 137 cm³/mol. The molecule has 1 N–H and O–H groups in total. The first-order chi connectivity index (χ1) is 17.2. The maximum atomic E-state index is 13.6. The van der Waals surface area contributed by atoms with E-state index in [9.17, 15) is 14.0 Å². The fraction of sp³-hybridized carbons (Fsp3) is 0.500. The number of likely N-dealkylation sites (N-methyl/N-ethyl adjacent to an activating group) is 1. The number of nitrogens with zero attached hydrogens (tertiary/aromatic N) is 2. The second kappa shape index (κ2) is 11.4. The minimum Gasteiger partial charge on any atom is -0.491 e. The summed E-state index contributed by atoms with van der Waals surface area (Å²) in [5, 5.41) is 2.78. The SMILES string of the molecule is CO[C@@H]1CN(C)C(=O)c2ccc(NC(=O)c3cccc(F)c3)cc2OC[C@H](C)N(CC2CC2)C[C@@H]1C. The number of fused-ring (bicyclic) bond motifs is 1. The predicted octanol–water partition coefficient (Wildman–Crippen LogP) is 4.29. The van der Waals surface area contributed by atoms with Gasteiger partial charge in [0.15, 0.2) is 0 Å². The molecule has 2 aromatic carbocycles. The van der Waals surface area contributed by atoms with Crippen LogP contribution in [-0.2, 0) is 4.74 Å². The molecule has 1 saturated carbocycles. The van der Waals surface area contributed by atoms with Crippen LogP contribution in [-0.4, -0.2) is 74.2 Å². The first kappa shape index (κ1) is 26.1. The molecule has 0 bridgehead atoms. The van der Waals surface area contributed by atoms with E-state index in [4.69, 9.17) is 9.47 Å². The third-order valence-electron chi connectivity index (χ3n) is 7.11. The second-order valence-electron chi connectivity index (χ2n) is 10.2. The lowest BCUT2D eigenvalue weighted by Gasteiger charge is -2.36. The lowest BCUT2D eigenvalue weighted by molar-refractivity contribution is 0.00994. The van der Waals surface area contributed by atoms with Crippen LogP contribution >= 0.6 is 0 Å². The largest absolute Gasteiger partial charge is 0.491 e. The van der Waals surface area contributed by atoms with Crippen molar-refractivity contribution in [2.45, 2.75) is 38.8 Å². The molecule has 4 rings (SSSR count). The summed E-state index contributed by atoms with van der Waals surface area (Å²) >= 11 is 0. The van der Waals surface area contributed by atoms with Crippen LogP contribution in [0.4, 0.5) is 10.1 Å². The third kappa shape index (κ3) is 6.42. The summed E-state index contributed by atoms with van der Waals surface area (Å²) < 4.78 is 25.6. The number of ether oxygens (including phenoxy) is 2. The van der Waals surface area contributed by atoms with Gasteiger partial charge in [-0.3, -0.25) is 14.5 Å². The van der Waals surface area contributed by atoms with E-state index in [0.29, 0.717) is 30.2 Å². The highest BCUT2D eigenvalue weighted by Gasteiger charge is 2.31. The molecular weight excluding hydrogens is 461 g/mol. The molecule has 194 valence electrons. The van der Waals surface area contributed by atoms with Gasteiger partial charge in [0.05, 0.1) is 11.7 Å². The van der Waals surface area contributed by atoms with E-state index < -0.39 is 11.7 Å². The Labute approximate surface area is 212 Å². The molecule has 1 aliphatic carbocycles. The number of halogens is 1. The van der Waals surface area contributed by atoms with Crippen molar-refractivity contribution in [2.24, 2.45) is 11.8 Å². The highest BCUT2D eigenvalue weighted by atomic mass is 19.1. The number of anilines is 1. The fourth-order valence-electron chi connectivity index (χ4n) is 4.64. The summed E-state index contributed by atoms with van der Waals surface area (Å²) in [5.74, 6) is 0.285. The Bertz CT molecular complexity index is 1090. The molecule has 1 fully saturated rings. The highest BCUT2D eigenvalue weighted by Crippen LogP contribution is 2.32. The number of carbonyl (C=O) groups is 2. The van der Waals surface area contributed by atoms with Crippen molar-refractivity contribution < 1.29 is 23.5 Å². The van der Waals surface area contributed by atoms with Crippen molar-refractivity contribution in [1.29, 1.82) is 0 Å². The van der Waals surface area contributed by atoms with Gasteiger partial charge < -0.3 is 19.7 Å². The van der Waals surface area contributed by atoms with E-state index in [0.717, 1.165) is 19.0 Å². The first-order valence-corrected chi connectivity index (χ1v) is 12.6. The van der Waals surface area contributed by atoms with Gasteiger partial charge in [-0.15, -0.1) is 0 Å².